The van der Waals surface area contributed by atoms with E-state index in [0.29, 0.717) is 24.2 Å². The highest BCUT2D eigenvalue weighted by molar-refractivity contribution is 7.89. The van der Waals surface area contributed by atoms with E-state index < -0.39 is 15.8 Å². The fourth-order valence-corrected chi connectivity index (χ4v) is 5.29. The lowest BCUT2D eigenvalue weighted by atomic mass is 9.95. The molecule has 0 spiro atoms. The van der Waals surface area contributed by atoms with Crippen LogP contribution in [0, 0.1) is 5.82 Å². The molecule has 3 aromatic rings. The number of halogens is 1. The lowest BCUT2D eigenvalue weighted by molar-refractivity contribution is 0.406. The van der Waals surface area contributed by atoms with Gasteiger partial charge >= 0.3 is 5.76 Å². The van der Waals surface area contributed by atoms with E-state index in [4.69, 9.17) is 4.42 Å². The number of aromatic nitrogens is 1. The topological polar surface area (TPSA) is 72.5 Å². The van der Waals surface area contributed by atoms with E-state index >= 15 is 0 Å². The quantitative estimate of drug-likeness (QED) is 0.672. The number of benzene rings is 2. The first-order valence-corrected chi connectivity index (χ1v) is 10.7. The second-order valence-corrected chi connectivity index (χ2v) is 9.10. The fraction of sp³-hybridized carbons (Fsp3) is 0.350. The molecule has 1 aliphatic heterocycles. The Labute approximate surface area is 162 Å². The summed E-state index contributed by atoms with van der Waals surface area (Å²) in [5, 5.41) is 0. The molecule has 0 bridgehead atoms. The van der Waals surface area contributed by atoms with Gasteiger partial charge in [0.1, 0.15) is 5.82 Å². The van der Waals surface area contributed by atoms with E-state index in [1.807, 2.05) is 0 Å². The van der Waals surface area contributed by atoms with Crippen LogP contribution in [0.2, 0.25) is 0 Å². The predicted molar refractivity (Wildman–Crippen MR) is 103 cm³/mol. The van der Waals surface area contributed by atoms with Crippen molar-refractivity contribution in [3.63, 3.8) is 0 Å². The van der Waals surface area contributed by atoms with Gasteiger partial charge in [-0.25, -0.2) is 17.6 Å². The molecule has 148 valence electrons. The van der Waals surface area contributed by atoms with Crippen molar-refractivity contribution in [3.05, 3.63) is 64.4 Å². The zero-order valence-corrected chi connectivity index (χ0v) is 16.3. The third-order valence-electron chi connectivity index (χ3n) is 5.38. The maximum atomic E-state index is 13.3. The maximum Gasteiger partial charge on any atom is 0.419 e. The zero-order chi connectivity index (χ0) is 19.9. The Morgan fingerprint density at radius 3 is 2.61 bits per heavy atom. The summed E-state index contributed by atoms with van der Waals surface area (Å²) in [7, 11) is -2.19. The van der Waals surface area contributed by atoms with Crippen molar-refractivity contribution in [3.8, 4) is 0 Å². The molecule has 1 saturated heterocycles. The van der Waals surface area contributed by atoms with Gasteiger partial charge in [0.25, 0.3) is 0 Å². The monoisotopic (exact) mass is 404 g/mol. The summed E-state index contributed by atoms with van der Waals surface area (Å²) in [6.07, 6.45) is 2.53. The smallest absolute Gasteiger partial charge is 0.408 e. The van der Waals surface area contributed by atoms with E-state index in [1.165, 1.54) is 39.2 Å². The second kappa shape index (κ2) is 7.18. The zero-order valence-electron chi connectivity index (χ0n) is 15.5. The summed E-state index contributed by atoms with van der Waals surface area (Å²) >= 11 is 0. The Balaban J connectivity index is 1.68. The second-order valence-electron chi connectivity index (χ2n) is 7.16. The molecule has 1 aromatic heterocycles. The molecule has 0 radical (unpaired) electrons. The van der Waals surface area contributed by atoms with Crippen molar-refractivity contribution < 1.29 is 17.2 Å². The van der Waals surface area contributed by atoms with Gasteiger partial charge in [0, 0.05) is 20.1 Å². The van der Waals surface area contributed by atoms with Crippen LogP contribution in [-0.2, 0) is 17.1 Å². The summed E-state index contributed by atoms with van der Waals surface area (Å²) in [6.45, 7) is 0.776. The van der Waals surface area contributed by atoms with Crippen LogP contribution in [-0.4, -0.2) is 30.4 Å². The molecular formula is C20H21FN2O4S. The Kier molecular flexibility index (Phi) is 4.84. The summed E-state index contributed by atoms with van der Waals surface area (Å²) in [5.41, 5.74) is 1.73. The Bertz CT molecular complexity index is 1170. The van der Waals surface area contributed by atoms with Gasteiger partial charge in [-0.1, -0.05) is 18.6 Å². The van der Waals surface area contributed by atoms with Crippen LogP contribution in [0.3, 0.4) is 0 Å². The predicted octanol–water partition coefficient (Wildman–Crippen LogP) is 3.23. The molecule has 4 rings (SSSR count). The summed E-state index contributed by atoms with van der Waals surface area (Å²) in [4.78, 5) is 11.8. The average molecular weight is 404 g/mol. The summed E-state index contributed by atoms with van der Waals surface area (Å²) < 4.78 is 47.7. The van der Waals surface area contributed by atoms with Crippen molar-refractivity contribution in [1.82, 2.24) is 8.87 Å². The van der Waals surface area contributed by atoms with Gasteiger partial charge in [0.2, 0.25) is 10.0 Å². The number of rotatable bonds is 3. The van der Waals surface area contributed by atoms with Gasteiger partial charge in [0.15, 0.2) is 5.58 Å². The number of hydrogen-bond acceptors (Lipinski definition) is 4. The average Bonchev–Trinajstić information content (AvgIpc) is 2.86. The van der Waals surface area contributed by atoms with Gasteiger partial charge in [-0.3, -0.25) is 4.57 Å². The van der Waals surface area contributed by atoms with Gasteiger partial charge in [-0.05, 0) is 54.7 Å². The highest BCUT2D eigenvalue weighted by Gasteiger charge is 2.30. The Morgan fingerprint density at radius 1 is 1.11 bits per heavy atom. The molecule has 1 atom stereocenters. The van der Waals surface area contributed by atoms with Crippen LogP contribution in [0.1, 0.15) is 30.7 Å². The van der Waals surface area contributed by atoms with Crippen molar-refractivity contribution in [2.75, 3.05) is 13.1 Å². The van der Waals surface area contributed by atoms with E-state index in [1.54, 1.807) is 19.2 Å². The third kappa shape index (κ3) is 3.38. The minimum absolute atomic E-state index is 0.0138. The van der Waals surface area contributed by atoms with Gasteiger partial charge < -0.3 is 4.42 Å². The van der Waals surface area contributed by atoms with Crippen LogP contribution >= 0.6 is 0 Å². The molecule has 28 heavy (non-hydrogen) atoms. The highest BCUT2D eigenvalue weighted by Crippen LogP contribution is 2.30. The molecule has 2 heterocycles. The molecule has 1 unspecified atom stereocenters. The molecule has 0 saturated carbocycles. The number of sulfonamides is 1. The first kappa shape index (κ1) is 18.9. The largest absolute Gasteiger partial charge is 0.419 e. The third-order valence-corrected chi connectivity index (χ3v) is 7.24. The van der Waals surface area contributed by atoms with E-state index in [9.17, 15) is 17.6 Å². The Morgan fingerprint density at radius 2 is 1.86 bits per heavy atom. The molecule has 0 amide bonds. The van der Waals surface area contributed by atoms with E-state index in [0.717, 1.165) is 24.8 Å². The molecule has 6 nitrogen and oxygen atoms in total. The molecule has 1 fully saturated rings. The van der Waals surface area contributed by atoms with E-state index in [-0.39, 0.29) is 16.6 Å². The minimum atomic E-state index is -3.73. The fourth-order valence-electron chi connectivity index (χ4n) is 3.75. The van der Waals surface area contributed by atoms with Crippen molar-refractivity contribution in [1.29, 1.82) is 0 Å². The van der Waals surface area contributed by atoms with Crippen molar-refractivity contribution >= 4 is 21.1 Å². The minimum Gasteiger partial charge on any atom is -0.408 e. The number of fused-ring (bicyclic) bond motifs is 1. The van der Waals surface area contributed by atoms with Crippen LogP contribution in [0.4, 0.5) is 4.39 Å². The highest BCUT2D eigenvalue weighted by atomic mass is 32.2. The lowest BCUT2D eigenvalue weighted by Gasteiger charge is -2.24. The molecule has 0 N–H and O–H groups in total. The van der Waals surface area contributed by atoms with Gasteiger partial charge in [-0.2, -0.15) is 4.31 Å². The molecule has 2 aromatic carbocycles. The SMILES string of the molecule is Cn1c(=O)oc2ccc(S(=O)(=O)N3CCCCC(c4ccc(F)cc4)C3)cc21. The summed E-state index contributed by atoms with van der Waals surface area (Å²) in [5.74, 6) is -0.823. The van der Waals surface area contributed by atoms with Crippen LogP contribution in [0.15, 0.2) is 56.6 Å². The normalized spacial score (nSPS) is 19.0. The standard InChI is InChI=1S/C20H21FN2O4S/c1-22-18-12-17(9-10-19(18)27-20(22)24)28(25,26)23-11-3-2-4-15(13-23)14-5-7-16(21)8-6-14/h5-10,12,15H,2-4,11,13H2,1H3. The van der Waals surface area contributed by atoms with Gasteiger partial charge in [0.05, 0.1) is 10.4 Å². The lowest BCUT2D eigenvalue weighted by Crippen LogP contribution is -2.34. The number of oxazole rings is 1. The molecule has 0 aliphatic carbocycles. The molecular weight excluding hydrogens is 383 g/mol. The van der Waals surface area contributed by atoms with E-state index in [2.05, 4.69) is 0 Å². The number of aryl methyl sites for hydroxylation is 1. The van der Waals surface area contributed by atoms with Gasteiger partial charge in [-0.15, -0.1) is 0 Å². The van der Waals surface area contributed by atoms with Crippen LogP contribution in [0.25, 0.3) is 11.1 Å². The number of hydrogen-bond donors (Lipinski definition) is 0. The van der Waals surface area contributed by atoms with Crippen LogP contribution in [0.5, 0.6) is 0 Å². The molecule has 8 heteroatoms. The molecule has 1 aliphatic rings. The van der Waals surface area contributed by atoms with Crippen molar-refractivity contribution in [2.24, 2.45) is 7.05 Å². The summed E-state index contributed by atoms with van der Waals surface area (Å²) in [6, 6.07) is 10.7. The van der Waals surface area contributed by atoms with Crippen molar-refractivity contribution in [2.45, 2.75) is 30.1 Å². The Hall–Kier alpha value is -2.45. The number of nitrogens with zero attached hydrogens (tertiary/aromatic N) is 2. The first-order valence-electron chi connectivity index (χ1n) is 9.21. The maximum absolute atomic E-state index is 13.3. The first-order chi connectivity index (χ1) is 13.4. The van der Waals surface area contributed by atoms with Crippen LogP contribution < -0.4 is 5.76 Å².